The normalized spacial score (nSPS) is 20.4. The average molecular weight is 351 g/mol. The van der Waals surface area contributed by atoms with Crippen molar-refractivity contribution in [3.05, 3.63) is 23.8 Å². The average Bonchev–Trinajstić information content (AvgIpc) is 2.58. The van der Waals surface area contributed by atoms with Gasteiger partial charge in [-0.1, -0.05) is 12.1 Å². The molecule has 1 fully saturated rings. The van der Waals surface area contributed by atoms with Crippen LogP contribution in [0.5, 0.6) is 11.5 Å². The molecule has 0 radical (unpaired) electrons. The first kappa shape index (κ1) is 19.0. The molecule has 0 saturated carbocycles. The van der Waals surface area contributed by atoms with E-state index in [1.807, 2.05) is 12.1 Å². The highest BCUT2D eigenvalue weighted by Crippen LogP contribution is 2.33. The number of primary amides is 1. The third-order valence-electron chi connectivity index (χ3n) is 4.27. The number of likely N-dealkylation sites (tertiary alicyclic amines) is 1. The van der Waals surface area contributed by atoms with E-state index in [2.05, 4.69) is 5.32 Å². The minimum atomic E-state index is -1.54. The lowest BCUT2D eigenvalue weighted by molar-refractivity contribution is -0.157. The smallest absolute Gasteiger partial charge is 0.256 e. The van der Waals surface area contributed by atoms with Crippen molar-refractivity contribution in [3.63, 3.8) is 0 Å². The molecule has 0 bridgehead atoms. The van der Waals surface area contributed by atoms with E-state index < -0.39 is 11.5 Å². The van der Waals surface area contributed by atoms with Gasteiger partial charge in [-0.2, -0.15) is 0 Å². The minimum Gasteiger partial charge on any atom is -0.493 e. The molecule has 0 spiro atoms. The Hall–Kier alpha value is -2.32. The molecule has 0 unspecified atom stereocenters. The summed E-state index contributed by atoms with van der Waals surface area (Å²) < 4.78 is 10.7. The van der Waals surface area contributed by atoms with Crippen LogP contribution in [0.25, 0.3) is 0 Å². The number of piperidine rings is 1. The van der Waals surface area contributed by atoms with Gasteiger partial charge in [0.25, 0.3) is 5.91 Å². The summed E-state index contributed by atoms with van der Waals surface area (Å²) in [7, 11) is 3.10. The van der Waals surface area contributed by atoms with Crippen molar-refractivity contribution >= 4 is 11.8 Å². The Morgan fingerprint density at radius 2 is 2.16 bits per heavy atom. The summed E-state index contributed by atoms with van der Waals surface area (Å²) in [5.74, 6) is 0.243. The van der Waals surface area contributed by atoms with Crippen molar-refractivity contribution in [2.45, 2.75) is 25.0 Å². The summed E-state index contributed by atoms with van der Waals surface area (Å²) >= 11 is 0. The standard InChI is InChI=1S/C17H25N3O5/c1-24-13-6-3-5-12(15(13)25-2)10-20-8-4-7-17(23,16(20)22)11-19-9-14(18)21/h3,5-6,19,23H,4,7-11H2,1-2H3,(H2,18,21)/t17-/m1/s1. The number of hydrogen-bond donors (Lipinski definition) is 3. The summed E-state index contributed by atoms with van der Waals surface area (Å²) in [6.45, 7) is 0.745. The maximum absolute atomic E-state index is 12.7. The second-order valence-electron chi connectivity index (χ2n) is 6.08. The molecule has 1 aliphatic rings. The first-order valence-corrected chi connectivity index (χ1v) is 8.12. The van der Waals surface area contributed by atoms with Crippen LogP contribution in [0.15, 0.2) is 18.2 Å². The Balaban J connectivity index is 2.12. The molecule has 1 aromatic rings. The molecule has 2 rings (SSSR count). The van der Waals surface area contributed by atoms with Gasteiger partial charge >= 0.3 is 0 Å². The van der Waals surface area contributed by atoms with E-state index in [1.54, 1.807) is 25.2 Å². The van der Waals surface area contributed by atoms with Crippen molar-refractivity contribution in [3.8, 4) is 11.5 Å². The number of amides is 2. The molecule has 25 heavy (non-hydrogen) atoms. The van der Waals surface area contributed by atoms with Gasteiger partial charge in [0.15, 0.2) is 17.1 Å². The number of nitrogens with zero attached hydrogens (tertiary/aromatic N) is 1. The van der Waals surface area contributed by atoms with E-state index in [-0.39, 0.29) is 19.0 Å². The molecular weight excluding hydrogens is 326 g/mol. The Morgan fingerprint density at radius 3 is 2.80 bits per heavy atom. The van der Waals surface area contributed by atoms with Crippen molar-refractivity contribution in [2.24, 2.45) is 5.73 Å². The van der Waals surface area contributed by atoms with Gasteiger partial charge in [-0.3, -0.25) is 9.59 Å². The molecule has 1 saturated heterocycles. The maximum Gasteiger partial charge on any atom is 0.256 e. The molecule has 0 aromatic heterocycles. The lowest BCUT2D eigenvalue weighted by Crippen LogP contribution is -2.58. The van der Waals surface area contributed by atoms with Gasteiger partial charge in [-0.15, -0.1) is 0 Å². The Kier molecular flexibility index (Phi) is 6.22. The molecule has 1 heterocycles. The van der Waals surface area contributed by atoms with E-state index in [9.17, 15) is 14.7 Å². The first-order valence-electron chi connectivity index (χ1n) is 8.12. The van der Waals surface area contributed by atoms with Crippen LogP contribution in [0.3, 0.4) is 0 Å². The number of carbonyl (C=O) groups is 2. The van der Waals surface area contributed by atoms with Crippen LogP contribution in [0.1, 0.15) is 18.4 Å². The summed E-state index contributed by atoms with van der Waals surface area (Å²) in [4.78, 5) is 25.1. The van der Waals surface area contributed by atoms with Crippen molar-refractivity contribution in [1.29, 1.82) is 0 Å². The van der Waals surface area contributed by atoms with Gasteiger partial charge in [-0.25, -0.2) is 0 Å². The van der Waals surface area contributed by atoms with E-state index in [4.69, 9.17) is 15.2 Å². The summed E-state index contributed by atoms with van der Waals surface area (Å²) in [6.07, 6.45) is 0.996. The van der Waals surface area contributed by atoms with Gasteiger partial charge in [0, 0.05) is 25.2 Å². The van der Waals surface area contributed by atoms with Crippen LogP contribution < -0.4 is 20.5 Å². The lowest BCUT2D eigenvalue weighted by Gasteiger charge is -2.38. The van der Waals surface area contributed by atoms with Gasteiger partial charge < -0.3 is 30.5 Å². The molecule has 4 N–H and O–H groups in total. The summed E-state index contributed by atoms with van der Waals surface area (Å²) in [6, 6.07) is 5.46. The third-order valence-corrected chi connectivity index (χ3v) is 4.27. The van der Waals surface area contributed by atoms with Crippen LogP contribution >= 0.6 is 0 Å². The molecular formula is C17H25N3O5. The molecule has 138 valence electrons. The second-order valence-corrected chi connectivity index (χ2v) is 6.08. The van der Waals surface area contributed by atoms with Crippen molar-refractivity contribution in [2.75, 3.05) is 33.9 Å². The number of nitrogens with two attached hydrogens (primary N) is 1. The highest BCUT2D eigenvalue weighted by atomic mass is 16.5. The van der Waals surface area contributed by atoms with E-state index in [0.29, 0.717) is 37.4 Å². The highest BCUT2D eigenvalue weighted by Gasteiger charge is 2.42. The number of rotatable bonds is 8. The number of nitrogens with one attached hydrogen (secondary N) is 1. The van der Waals surface area contributed by atoms with E-state index in [0.717, 1.165) is 5.56 Å². The topological polar surface area (TPSA) is 114 Å². The van der Waals surface area contributed by atoms with Crippen LogP contribution in [0.4, 0.5) is 0 Å². The zero-order valence-electron chi connectivity index (χ0n) is 14.6. The minimum absolute atomic E-state index is 0.0134. The molecule has 0 aliphatic carbocycles. The number of benzene rings is 1. The largest absolute Gasteiger partial charge is 0.493 e. The predicted octanol–water partition coefficient (Wildman–Crippen LogP) is -0.368. The first-order chi connectivity index (χ1) is 11.9. The number of aliphatic hydroxyl groups is 1. The predicted molar refractivity (Wildman–Crippen MR) is 91.2 cm³/mol. The fourth-order valence-electron chi connectivity index (χ4n) is 3.06. The number of carbonyl (C=O) groups excluding carboxylic acids is 2. The number of methoxy groups -OCH3 is 2. The van der Waals surface area contributed by atoms with Crippen LogP contribution in [0.2, 0.25) is 0 Å². The lowest BCUT2D eigenvalue weighted by atomic mass is 9.91. The van der Waals surface area contributed by atoms with Gasteiger partial charge in [0.2, 0.25) is 5.91 Å². The van der Waals surface area contributed by atoms with E-state index >= 15 is 0 Å². The number of para-hydroxylation sites is 1. The summed E-state index contributed by atoms with van der Waals surface area (Å²) in [5, 5.41) is 13.4. The van der Waals surface area contributed by atoms with Crippen LogP contribution in [-0.2, 0) is 16.1 Å². The van der Waals surface area contributed by atoms with E-state index in [1.165, 1.54) is 0 Å². The SMILES string of the molecule is COc1cccc(CN2CCC[C@@](O)(CNCC(N)=O)C2=O)c1OC. The Morgan fingerprint density at radius 1 is 1.40 bits per heavy atom. The number of ether oxygens (including phenoxy) is 2. The maximum atomic E-state index is 12.7. The fourth-order valence-corrected chi connectivity index (χ4v) is 3.06. The molecule has 1 aromatic carbocycles. The molecule has 8 heteroatoms. The molecule has 1 aliphatic heterocycles. The van der Waals surface area contributed by atoms with Crippen molar-refractivity contribution in [1.82, 2.24) is 10.2 Å². The van der Waals surface area contributed by atoms with Crippen molar-refractivity contribution < 1.29 is 24.2 Å². The highest BCUT2D eigenvalue weighted by molar-refractivity contribution is 5.86. The zero-order valence-corrected chi connectivity index (χ0v) is 14.6. The third kappa shape index (κ3) is 4.40. The van der Waals surface area contributed by atoms with Crippen LogP contribution in [-0.4, -0.2) is 61.3 Å². The van der Waals surface area contributed by atoms with Gasteiger partial charge in [0.1, 0.15) is 0 Å². The quantitative estimate of drug-likeness (QED) is 0.589. The Bertz CT molecular complexity index is 637. The second kappa shape index (κ2) is 8.17. The fraction of sp³-hybridized carbons (Fsp3) is 0.529. The zero-order chi connectivity index (χ0) is 18.4. The Labute approximate surface area is 146 Å². The van der Waals surface area contributed by atoms with Crippen LogP contribution in [0, 0.1) is 0 Å². The van der Waals surface area contributed by atoms with Gasteiger partial charge in [0.05, 0.1) is 20.8 Å². The van der Waals surface area contributed by atoms with Gasteiger partial charge in [-0.05, 0) is 18.9 Å². The molecule has 8 nitrogen and oxygen atoms in total. The monoisotopic (exact) mass is 351 g/mol. The number of hydrogen-bond acceptors (Lipinski definition) is 6. The molecule has 2 amide bonds. The molecule has 1 atom stereocenters. The summed E-state index contributed by atoms with van der Waals surface area (Å²) in [5.41, 5.74) is 4.32.